The van der Waals surface area contributed by atoms with E-state index in [1.807, 2.05) is 61.5 Å². The van der Waals surface area contributed by atoms with E-state index in [9.17, 15) is 0 Å². The van der Waals surface area contributed by atoms with Gasteiger partial charge in [0.1, 0.15) is 0 Å². The van der Waals surface area contributed by atoms with E-state index in [4.69, 9.17) is 16.0 Å². The highest BCUT2D eigenvalue weighted by molar-refractivity contribution is 7.99. The molecule has 0 spiro atoms. The number of thioether (sulfide) groups is 1. The van der Waals surface area contributed by atoms with Gasteiger partial charge in [-0.05, 0) is 50.1 Å². The molecule has 1 fully saturated rings. The van der Waals surface area contributed by atoms with Gasteiger partial charge < -0.3 is 9.32 Å². The fraction of sp³-hybridized carbons (Fsp3) is 0.273. The van der Waals surface area contributed by atoms with Crippen LogP contribution in [0.15, 0.2) is 64.2 Å². The molecule has 0 bridgehead atoms. The Kier molecular flexibility index (Phi) is 5.65. The van der Waals surface area contributed by atoms with Gasteiger partial charge >= 0.3 is 0 Å². The second-order valence-electron chi connectivity index (χ2n) is 7.36. The zero-order valence-electron chi connectivity index (χ0n) is 17.0. The first-order chi connectivity index (χ1) is 15.2. The number of nitrogens with zero attached hydrogens (tertiary/aromatic N) is 6. The molecule has 1 atom stereocenters. The fourth-order valence-electron chi connectivity index (χ4n) is 3.61. The fourth-order valence-corrected chi connectivity index (χ4v) is 4.68. The molecular formula is C22H21ClN6OS. The van der Waals surface area contributed by atoms with E-state index in [0.29, 0.717) is 16.8 Å². The second kappa shape index (κ2) is 8.72. The van der Waals surface area contributed by atoms with Crippen molar-refractivity contribution in [3.05, 3.63) is 65.5 Å². The molecule has 0 amide bonds. The molecule has 5 rings (SSSR count). The van der Waals surface area contributed by atoms with Gasteiger partial charge in [0.05, 0.1) is 10.9 Å². The van der Waals surface area contributed by atoms with Crippen LogP contribution in [0, 0.1) is 0 Å². The van der Waals surface area contributed by atoms with Crippen molar-refractivity contribution in [2.45, 2.75) is 30.2 Å². The van der Waals surface area contributed by atoms with Crippen molar-refractivity contribution in [2.24, 2.45) is 0 Å². The van der Waals surface area contributed by atoms with Crippen LogP contribution < -0.4 is 4.90 Å². The lowest BCUT2D eigenvalue weighted by Gasteiger charge is -2.19. The summed E-state index contributed by atoms with van der Waals surface area (Å²) in [5.41, 5.74) is 1.83. The summed E-state index contributed by atoms with van der Waals surface area (Å²) in [6.45, 7) is 3.98. The Morgan fingerprint density at radius 1 is 0.968 bits per heavy atom. The van der Waals surface area contributed by atoms with Gasteiger partial charge in [0.15, 0.2) is 5.16 Å². The standard InChI is InChI=1S/C22H21ClN6OS/c1-15(19-24-25-20(30-19)16-8-3-2-4-9-16)31-22-27-26-21(28-12-5-6-13-28)29(22)18-11-7-10-17(23)14-18/h2-4,7-11,14-15H,5-6,12-13H2,1H3/t15-/m0/s1. The van der Waals surface area contributed by atoms with E-state index in [1.54, 1.807) is 0 Å². The zero-order valence-corrected chi connectivity index (χ0v) is 18.6. The van der Waals surface area contributed by atoms with Crippen molar-refractivity contribution < 1.29 is 4.42 Å². The van der Waals surface area contributed by atoms with E-state index in [-0.39, 0.29) is 5.25 Å². The lowest BCUT2D eigenvalue weighted by Crippen LogP contribution is -2.22. The van der Waals surface area contributed by atoms with Gasteiger partial charge in [-0.3, -0.25) is 4.57 Å². The average molecular weight is 453 g/mol. The van der Waals surface area contributed by atoms with Gasteiger partial charge in [-0.2, -0.15) is 0 Å². The zero-order chi connectivity index (χ0) is 21.2. The van der Waals surface area contributed by atoms with Crippen LogP contribution in [0.5, 0.6) is 0 Å². The minimum atomic E-state index is -0.0986. The highest BCUT2D eigenvalue weighted by atomic mass is 35.5. The van der Waals surface area contributed by atoms with Gasteiger partial charge in [-0.15, -0.1) is 20.4 Å². The number of halogens is 1. The van der Waals surface area contributed by atoms with Crippen LogP contribution in [-0.2, 0) is 0 Å². The van der Waals surface area contributed by atoms with Crippen molar-refractivity contribution in [3.8, 4) is 17.1 Å². The predicted molar refractivity (Wildman–Crippen MR) is 122 cm³/mol. The maximum absolute atomic E-state index is 6.28. The summed E-state index contributed by atoms with van der Waals surface area (Å²) in [4.78, 5) is 2.27. The van der Waals surface area contributed by atoms with Crippen LogP contribution in [0.25, 0.3) is 17.1 Å². The monoisotopic (exact) mass is 452 g/mol. The molecule has 31 heavy (non-hydrogen) atoms. The third-order valence-corrected chi connectivity index (χ3v) is 6.43. The highest BCUT2D eigenvalue weighted by Gasteiger charge is 2.25. The number of hydrogen-bond acceptors (Lipinski definition) is 7. The first-order valence-electron chi connectivity index (χ1n) is 10.2. The molecule has 0 aliphatic carbocycles. The summed E-state index contributed by atoms with van der Waals surface area (Å²) in [6, 6.07) is 17.5. The van der Waals surface area contributed by atoms with Gasteiger partial charge in [-0.25, -0.2) is 0 Å². The van der Waals surface area contributed by atoms with E-state index in [2.05, 4.69) is 29.9 Å². The van der Waals surface area contributed by atoms with E-state index >= 15 is 0 Å². The normalized spacial score (nSPS) is 14.8. The topological polar surface area (TPSA) is 72.9 Å². The molecule has 7 nitrogen and oxygen atoms in total. The first kappa shape index (κ1) is 20.1. The van der Waals surface area contributed by atoms with Crippen molar-refractivity contribution in [1.29, 1.82) is 0 Å². The first-order valence-corrected chi connectivity index (χ1v) is 11.5. The SMILES string of the molecule is C[C@H](Sc1nnc(N2CCCC2)n1-c1cccc(Cl)c1)c1nnc(-c2ccccc2)o1. The molecule has 3 heterocycles. The minimum absolute atomic E-state index is 0.0986. The Morgan fingerprint density at radius 2 is 1.77 bits per heavy atom. The summed E-state index contributed by atoms with van der Waals surface area (Å²) in [6.07, 6.45) is 2.32. The number of benzene rings is 2. The molecule has 158 valence electrons. The number of rotatable bonds is 6. The average Bonchev–Trinajstić information content (AvgIpc) is 3.54. The van der Waals surface area contributed by atoms with Gasteiger partial charge in [0.25, 0.3) is 0 Å². The maximum Gasteiger partial charge on any atom is 0.247 e. The predicted octanol–water partition coefficient (Wildman–Crippen LogP) is 5.42. The molecule has 1 aliphatic heterocycles. The molecule has 1 aliphatic rings. The van der Waals surface area contributed by atoms with Crippen LogP contribution in [0.1, 0.15) is 30.9 Å². The van der Waals surface area contributed by atoms with Gasteiger partial charge in [-0.1, -0.05) is 47.6 Å². The minimum Gasteiger partial charge on any atom is -0.419 e. The van der Waals surface area contributed by atoms with Crippen molar-refractivity contribution in [2.75, 3.05) is 18.0 Å². The van der Waals surface area contributed by atoms with Crippen LogP contribution >= 0.6 is 23.4 Å². The van der Waals surface area contributed by atoms with Crippen LogP contribution in [0.3, 0.4) is 0 Å². The molecular weight excluding hydrogens is 432 g/mol. The molecule has 0 radical (unpaired) electrons. The number of hydrogen-bond donors (Lipinski definition) is 0. The van der Waals surface area contributed by atoms with Gasteiger partial charge in [0.2, 0.25) is 17.7 Å². The Bertz CT molecular complexity index is 1170. The van der Waals surface area contributed by atoms with Crippen LogP contribution in [0.4, 0.5) is 5.95 Å². The molecule has 1 saturated heterocycles. The maximum atomic E-state index is 6.28. The molecule has 0 unspecified atom stereocenters. The summed E-state index contributed by atoms with van der Waals surface area (Å²) in [5.74, 6) is 1.90. The molecule has 4 aromatic rings. The van der Waals surface area contributed by atoms with Gasteiger partial charge in [0, 0.05) is 23.7 Å². The molecule has 2 aromatic carbocycles. The van der Waals surface area contributed by atoms with Crippen molar-refractivity contribution in [3.63, 3.8) is 0 Å². The van der Waals surface area contributed by atoms with E-state index < -0.39 is 0 Å². The summed E-state index contributed by atoms with van der Waals surface area (Å²) >= 11 is 7.82. The second-order valence-corrected chi connectivity index (χ2v) is 9.11. The Hall–Kier alpha value is -2.84. The quantitative estimate of drug-likeness (QED) is 0.361. The van der Waals surface area contributed by atoms with Crippen molar-refractivity contribution >= 4 is 29.3 Å². The smallest absolute Gasteiger partial charge is 0.247 e. The molecule has 2 aromatic heterocycles. The summed E-state index contributed by atoms with van der Waals surface area (Å²) < 4.78 is 8.01. The van der Waals surface area contributed by atoms with Crippen LogP contribution in [0.2, 0.25) is 5.02 Å². The molecule has 9 heteroatoms. The molecule has 0 N–H and O–H groups in total. The third-order valence-electron chi connectivity index (χ3n) is 5.16. The van der Waals surface area contributed by atoms with E-state index in [1.165, 1.54) is 11.8 Å². The van der Waals surface area contributed by atoms with E-state index in [0.717, 1.165) is 48.3 Å². The Morgan fingerprint density at radius 3 is 2.55 bits per heavy atom. The Labute approximate surface area is 189 Å². The highest BCUT2D eigenvalue weighted by Crippen LogP contribution is 2.37. The largest absolute Gasteiger partial charge is 0.419 e. The van der Waals surface area contributed by atoms with Crippen LogP contribution in [-0.4, -0.2) is 38.1 Å². The molecule has 0 saturated carbocycles. The summed E-state index contributed by atoms with van der Waals surface area (Å²) in [5, 5.41) is 18.8. The third kappa shape index (κ3) is 4.18. The lowest BCUT2D eigenvalue weighted by molar-refractivity contribution is 0.509. The number of aromatic nitrogens is 5. The summed E-state index contributed by atoms with van der Waals surface area (Å²) in [7, 11) is 0. The lowest BCUT2D eigenvalue weighted by atomic mass is 10.2. The number of anilines is 1. The Balaban J connectivity index is 1.46. The van der Waals surface area contributed by atoms with Crippen molar-refractivity contribution in [1.82, 2.24) is 25.0 Å².